The number of halogens is 1. The molecule has 0 saturated carbocycles. The van der Waals surface area contributed by atoms with Gasteiger partial charge in [0.1, 0.15) is 11.6 Å². The molecule has 0 unspecified atom stereocenters. The molecule has 1 aromatic heterocycles. The van der Waals surface area contributed by atoms with Gasteiger partial charge in [-0.25, -0.2) is 4.98 Å². The molecule has 0 spiro atoms. The molecule has 0 amide bonds. The zero-order valence-electron chi connectivity index (χ0n) is 19.1. The van der Waals surface area contributed by atoms with Gasteiger partial charge in [0.15, 0.2) is 5.96 Å². The van der Waals surface area contributed by atoms with E-state index in [0.29, 0.717) is 6.04 Å². The number of hydrogen-bond acceptors (Lipinski definition) is 4. The molecule has 6 nitrogen and oxygen atoms in total. The average Bonchev–Trinajstić information content (AvgIpc) is 2.75. The molecule has 1 saturated heterocycles. The van der Waals surface area contributed by atoms with Gasteiger partial charge >= 0.3 is 0 Å². The van der Waals surface area contributed by atoms with Crippen LogP contribution >= 0.6 is 24.0 Å². The summed E-state index contributed by atoms with van der Waals surface area (Å²) in [5, 5.41) is 7.01. The van der Waals surface area contributed by atoms with Crippen molar-refractivity contribution in [3.8, 4) is 5.75 Å². The first-order chi connectivity index (χ1) is 14.6. The molecule has 0 bridgehead atoms. The second-order valence-corrected chi connectivity index (χ2v) is 7.86. The molecule has 0 radical (unpaired) electrons. The summed E-state index contributed by atoms with van der Waals surface area (Å²) in [5.41, 5.74) is 3.48. The zero-order chi connectivity index (χ0) is 21.3. The number of nitrogens with one attached hydrogen (secondary N) is 2. The van der Waals surface area contributed by atoms with Crippen molar-refractivity contribution in [2.24, 2.45) is 4.99 Å². The van der Waals surface area contributed by atoms with E-state index in [2.05, 4.69) is 64.7 Å². The minimum Gasteiger partial charge on any atom is -0.496 e. The van der Waals surface area contributed by atoms with Crippen LogP contribution in [-0.2, 0) is 6.42 Å². The summed E-state index contributed by atoms with van der Waals surface area (Å²) in [4.78, 5) is 11.8. The van der Waals surface area contributed by atoms with Crippen LogP contribution < -0.4 is 20.3 Å². The minimum atomic E-state index is 0. The highest BCUT2D eigenvalue weighted by atomic mass is 127. The van der Waals surface area contributed by atoms with Crippen LogP contribution in [0.4, 0.5) is 5.82 Å². The van der Waals surface area contributed by atoms with Crippen LogP contribution in [0, 0.1) is 13.8 Å². The summed E-state index contributed by atoms with van der Waals surface area (Å²) in [6, 6.07) is 13.0. The summed E-state index contributed by atoms with van der Waals surface area (Å²) >= 11 is 0. The lowest BCUT2D eigenvalue weighted by Crippen LogP contribution is -2.49. The molecule has 7 heteroatoms. The van der Waals surface area contributed by atoms with E-state index < -0.39 is 0 Å². The molecule has 2 aromatic rings. The standard InChI is InChI=1S/C24H35N5O.HI/c1-5-25-24(26-14-11-20-10-9-18(2)22(17-20)30-4)28-21-12-15-29(16-13-21)23-8-6-7-19(3)27-23;/h6-10,17,21H,5,11-16H2,1-4H3,(H2,25,26,28);1H. The Morgan fingerprint density at radius 1 is 1.19 bits per heavy atom. The normalized spacial score (nSPS) is 14.7. The number of aliphatic imine (C=N–C) groups is 1. The highest BCUT2D eigenvalue weighted by Gasteiger charge is 2.20. The van der Waals surface area contributed by atoms with Crippen molar-refractivity contribution in [2.45, 2.75) is 46.1 Å². The van der Waals surface area contributed by atoms with Crippen molar-refractivity contribution in [2.75, 3.05) is 38.2 Å². The second kappa shape index (κ2) is 12.7. The lowest BCUT2D eigenvalue weighted by Gasteiger charge is -2.34. The van der Waals surface area contributed by atoms with Crippen molar-refractivity contribution in [3.63, 3.8) is 0 Å². The van der Waals surface area contributed by atoms with E-state index in [0.717, 1.165) is 74.2 Å². The van der Waals surface area contributed by atoms with Gasteiger partial charge in [-0.05, 0) is 69.4 Å². The minimum absolute atomic E-state index is 0. The zero-order valence-corrected chi connectivity index (χ0v) is 21.5. The van der Waals surface area contributed by atoms with E-state index in [4.69, 9.17) is 9.73 Å². The average molecular weight is 537 g/mol. The molecule has 1 aromatic carbocycles. The number of benzene rings is 1. The molecule has 0 atom stereocenters. The Labute approximate surface area is 203 Å². The SMILES string of the molecule is CCNC(=NCCc1ccc(C)c(OC)c1)NC1CCN(c2cccc(C)n2)CC1.I. The lowest BCUT2D eigenvalue weighted by molar-refractivity contribution is 0.411. The molecule has 1 fully saturated rings. The van der Waals surface area contributed by atoms with E-state index in [1.807, 2.05) is 13.0 Å². The fraction of sp³-hybridized carbons (Fsp3) is 0.500. The van der Waals surface area contributed by atoms with E-state index in [1.165, 1.54) is 5.56 Å². The summed E-state index contributed by atoms with van der Waals surface area (Å²) in [6.07, 6.45) is 3.05. The van der Waals surface area contributed by atoms with Crippen molar-refractivity contribution in [1.82, 2.24) is 15.6 Å². The van der Waals surface area contributed by atoms with E-state index in [-0.39, 0.29) is 24.0 Å². The van der Waals surface area contributed by atoms with E-state index >= 15 is 0 Å². The molecule has 170 valence electrons. The Kier molecular flexibility index (Phi) is 10.4. The number of aryl methyl sites for hydroxylation is 2. The van der Waals surface area contributed by atoms with Gasteiger partial charge in [-0.15, -0.1) is 24.0 Å². The maximum atomic E-state index is 5.43. The first kappa shape index (κ1) is 25.2. The molecular formula is C24H36IN5O. The largest absolute Gasteiger partial charge is 0.496 e. The Bertz CT molecular complexity index is 850. The number of rotatable bonds is 7. The van der Waals surface area contributed by atoms with Crippen LogP contribution in [0.5, 0.6) is 5.75 Å². The summed E-state index contributed by atoms with van der Waals surface area (Å²) < 4.78 is 5.43. The van der Waals surface area contributed by atoms with E-state index in [9.17, 15) is 0 Å². The summed E-state index contributed by atoms with van der Waals surface area (Å²) in [7, 11) is 1.72. The third-order valence-corrected chi connectivity index (χ3v) is 5.52. The van der Waals surface area contributed by atoms with Gasteiger partial charge in [0.2, 0.25) is 0 Å². The molecule has 1 aliphatic rings. The number of ether oxygens (including phenoxy) is 1. The predicted molar refractivity (Wildman–Crippen MR) is 140 cm³/mol. The van der Waals surface area contributed by atoms with Crippen LogP contribution in [-0.4, -0.2) is 50.3 Å². The predicted octanol–water partition coefficient (Wildman–Crippen LogP) is 4.09. The van der Waals surface area contributed by atoms with Gasteiger partial charge in [-0.3, -0.25) is 4.99 Å². The molecule has 31 heavy (non-hydrogen) atoms. The first-order valence-electron chi connectivity index (χ1n) is 11.0. The molecule has 2 N–H and O–H groups in total. The number of methoxy groups -OCH3 is 1. The number of anilines is 1. The van der Waals surface area contributed by atoms with Gasteiger partial charge in [-0.2, -0.15) is 0 Å². The quantitative estimate of drug-likeness (QED) is 0.317. The molecule has 0 aliphatic carbocycles. The maximum absolute atomic E-state index is 5.43. The van der Waals surface area contributed by atoms with Crippen LogP contribution in [0.25, 0.3) is 0 Å². The van der Waals surface area contributed by atoms with E-state index in [1.54, 1.807) is 7.11 Å². The third-order valence-electron chi connectivity index (χ3n) is 5.52. The van der Waals surface area contributed by atoms with Crippen LogP contribution in [0.3, 0.4) is 0 Å². The monoisotopic (exact) mass is 537 g/mol. The number of hydrogen-bond donors (Lipinski definition) is 2. The summed E-state index contributed by atoms with van der Waals surface area (Å²) in [5.74, 6) is 2.93. The number of pyridine rings is 1. The second-order valence-electron chi connectivity index (χ2n) is 7.86. The molecule has 1 aliphatic heterocycles. The molecular weight excluding hydrogens is 501 g/mol. The maximum Gasteiger partial charge on any atom is 0.191 e. The van der Waals surface area contributed by atoms with Crippen molar-refractivity contribution in [1.29, 1.82) is 0 Å². The van der Waals surface area contributed by atoms with Gasteiger partial charge in [0, 0.05) is 37.9 Å². The number of piperidine rings is 1. The number of aromatic nitrogens is 1. The van der Waals surface area contributed by atoms with Crippen LogP contribution in [0.2, 0.25) is 0 Å². The van der Waals surface area contributed by atoms with Gasteiger partial charge < -0.3 is 20.3 Å². The Morgan fingerprint density at radius 3 is 2.65 bits per heavy atom. The van der Waals surface area contributed by atoms with Crippen LogP contribution in [0.1, 0.15) is 36.6 Å². The Balaban J connectivity index is 0.00000341. The smallest absolute Gasteiger partial charge is 0.191 e. The third kappa shape index (κ3) is 7.55. The van der Waals surface area contributed by atoms with Gasteiger partial charge in [0.05, 0.1) is 7.11 Å². The van der Waals surface area contributed by atoms with Crippen molar-refractivity contribution < 1.29 is 4.74 Å². The Morgan fingerprint density at radius 2 is 1.97 bits per heavy atom. The topological polar surface area (TPSA) is 61.8 Å². The van der Waals surface area contributed by atoms with Crippen LogP contribution in [0.15, 0.2) is 41.4 Å². The van der Waals surface area contributed by atoms with Gasteiger partial charge in [-0.1, -0.05) is 18.2 Å². The van der Waals surface area contributed by atoms with Crippen molar-refractivity contribution in [3.05, 3.63) is 53.2 Å². The molecule has 2 heterocycles. The summed E-state index contributed by atoms with van der Waals surface area (Å²) in [6.45, 7) is 9.84. The fourth-order valence-electron chi connectivity index (χ4n) is 3.79. The highest BCUT2D eigenvalue weighted by molar-refractivity contribution is 14.0. The first-order valence-corrected chi connectivity index (χ1v) is 11.0. The Hall–Kier alpha value is -2.03. The lowest BCUT2D eigenvalue weighted by atomic mass is 10.1. The number of guanidine groups is 1. The fourth-order valence-corrected chi connectivity index (χ4v) is 3.79. The number of nitrogens with zero attached hydrogens (tertiary/aromatic N) is 3. The van der Waals surface area contributed by atoms with Gasteiger partial charge in [0.25, 0.3) is 0 Å². The van der Waals surface area contributed by atoms with Crippen molar-refractivity contribution >= 4 is 35.8 Å². The highest BCUT2D eigenvalue weighted by Crippen LogP contribution is 2.20. The molecule has 3 rings (SSSR count).